The third-order valence-corrected chi connectivity index (χ3v) is 4.34. The van der Waals surface area contributed by atoms with E-state index in [-0.39, 0.29) is 5.91 Å². The molecule has 1 aliphatic rings. The molecule has 5 heteroatoms. The van der Waals surface area contributed by atoms with E-state index in [4.69, 9.17) is 14.2 Å². The van der Waals surface area contributed by atoms with Crippen molar-refractivity contribution in [2.75, 3.05) is 46.6 Å². The zero-order chi connectivity index (χ0) is 17.2. The number of likely N-dealkylation sites (tertiary alicyclic amines) is 1. The Bertz CT molecular complexity index is 481. The van der Waals surface area contributed by atoms with E-state index >= 15 is 0 Å². The Morgan fingerprint density at radius 1 is 1.17 bits per heavy atom. The molecule has 0 unspecified atom stereocenters. The molecule has 0 aliphatic carbocycles. The van der Waals surface area contributed by atoms with Gasteiger partial charge in [-0.2, -0.15) is 0 Å². The lowest BCUT2D eigenvalue weighted by atomic mass is 9.97. The van der Waals surface area contributed by atoms with Gasteiger partial charge in [-0.05, 0) is 43.4 Å². The van der Waals surface area contributed by atoms with Gasteiger partial charge < -0.3 is 19.1 Å². The van der Waals surface area contributed by atoms with E-state index < -0.39 is 0 Å². The fraction of sp³-hybridized carbons (Fsp3) is 0.632. The van der Waals surface area contributed by atoms with E-state index in [9.17, 15) is 4.79 Å². The minimum Gasteiger partial charge on any atom is -0.494 e. The van der Waals surface area contributed by atoms with Gasteiger partial charge in [0, 0.05) is 26.8 Å². The Labute approximate surface area is 144 Å². The van der Waals surface area contributed by atoms with Crippen molar-refractivity contribution < 1.29 is 19.0 Å². The van der Waals surface area contributed by atoms with Crippen LogP contribution in [0.5, 0.6) is 5.75 Å². The Hall–Kier alpha value is -1.59. The summed E-state index contributed by atoms with van der Waals surface area (Å²) in [5.41, 5.74) is 1.04. The summed E-state index contributed by atoms with van der Waals surface area (Å²) in [6.07, 6.45) is 2.49. The molecule has 1 aromatic rings. The highest BCUT2D eigenvalue weighted by atomic mass is 16.5. The van der Waals surface area contributed by atoms with Crippen LogP contribution in [0.2, 0.25) is 0 Å². The van der Waals surface area contributed by atoms with E-state index in [1.165, 1.54) is 0 Å². The summed E-state index contributed by atoms with van der Waals surface area (Å²) in [5.74, 6) is 1.61. The van der Waals surface area contributed by atoms with Crippen molar-refractivity contribution in [3.63, 3.8) is 0 Å². The first-order valence-electron chi connectivity index (χ1n) is 8.79. The Morgan fingerprint density at radius 3 is 2.50 bits per heavy atom. The van der Waals surface area contributed by atoms with Crippen LogP contribution < -0.4 is 4.74 Å². The predicted octanol–water partition coefficient (Wildman–Crippen LogP) is 2.53. The number of methoxy groups -OCH3 is 1. The Morgan fingerprint density at radius 2 is 1.88 bits per heavy atom. The fourth-order valence-electron chi connectivity index (χ4n) is 2.90. The molecular formula is C19H29NO4. The molecule has 1 amide bonds. The maximum Gasteiger partial charge on any atom is 0.226 e. The summed E-state index contributed by atoms with van der Waals surface area (Å²) >= 11 is 0. The van der Waals surface area contributed by atoms with Crippen LogP contribution in [0.15, 0.2) is 24.3 Å². The van der Waals surface area contributed by atoms with E-state index in [0.29, 0.717) is 32.2 Å². The largest absolute Gasteiger partial charge is 0.494 e. The maximum absolute atomic E-state index is 12.4. The van der Waals surface area contributed by atoms with E-state index in [2.05, 4.69) is 0 Å². The predicted molar refractivity (Wildman–Crippen MR) is 93.3 cm³/mol. The van der Waals surface area contributed by atoms with Gasteiger partial charge in [-0.3, -0.25) is 4.79 Å². The van der Waals surface area contributed by atoms with Gasteiger partial charge in [0.2, 0.25) is 5.91 Å². The molecule has 5 nitrogen and oxygen atoms in total. The molecule has 24 heavy (non-hydrogen) atoms. The van der Waals surface area contributed by atoms with Gasteiger partial charge in [-0.25, -0.2) is 0 Å². The number of amides is 1. The molecule has 1 saturated heterocycles. The van der Waals surface area contributed by atoms with Gasteiger partial charge in [0.05, 0.1) is 26.2 Å². The standard InChI is InChI=1S/C19H29NO4/c1-3-24-18-6-4-16(5-7-18)14-19(21)20-10-8-17(9-11-20)15-23-13-12-22-2/h4-7,17H,3,8-15H2,1-2H3. The molecule has 1 aliphatic heterocycles. The van der Waals surface area contributed by atoms with Crippen molar-refractivity contribution >= 4 is 5.91 Å². The van der Waals surface area contributed by atoms with Gasteiger partial charge in [-0.15, -0.1) is 0 Å². The number of hydrogen-bond acceptors (Lipinski definition) is 4. The maximum atomic E-state index is 12.4. The summed E-state index contributed by atoms with van der Waals surface area (Å²) in [5, 5.41) is 0. The molecule has 1 aromatic carbocycles. The number of ether oxygens (including phenoxy) is 3. The average Bonchev–Trinajstić information content (AvgIpc) is 2.61. The van der Waals surface area contributed by atoms with Crippen molar-refractivity contribution in [1.82, 2.24) is 4.90 Å². The Balaban J connectivity index is 1.70. The summed E-state index contributed by atoms with van der Waals surface area (Å²) in [7, 11) is 1.68. The molecule has 0 atom stereocenters. The van der Waals surface area contributed by atoms with Crippen LogP contribution in [-0.4, -0.2) is 57.4 Å². The Kier molecular flexibility index (Phi) is 8.05. The van der Waals surface area contributed by atoms with Crippen LogP contribution in [0.1, 0.15) is 25.3 Å². The van der Waals surface area contributed by atoms with Crippen LogP contribution in [0, 0.1) is 5.92 Å². The number of carbonyl (C=O) groups is 1. The molecule has 1 fully saturated rings. The second-order valence-corrected chi connectivity index (χ2v) is 6.15. The zero-order valence-corrected chi connectivity index (χ0v) is 14.8. The van der Waals surface area contributed by atoms with Gasteiger partial charge in [0.25, 0.3) is 0 Å². The molecule has 0 saturated carbocycles. The minimum absolute atomic E-state index is 0.206. The molecule has 0 N–H and O–H groups in total. The summed E-state index contributed by atoms with van der Waals surface area (Å²) in [4.78, 5) is 14.4. The quantitative estimate of drug-likeness (QED) is 0.651. The van der Waals surface area contributed by atoms with Gasteiger partial charge in [-0.1, -0.05) is 12.1 Å². The second-order valence-electron chi connectivity index (χ2n) is 6.15. The van der Waals surface area contributed by atoms with Crippen LogP contribution in [0.4, 0.5) is 0 Å². The number of hydrogen-bond donors (Lipinski definition) is 0. The van der Waals surface area contributed by atoms with Gasteiger partial charge in [0.15, 0.2) is 0 Å². The minimum atomic E-state index is 0.206. The number of rotatable bonds is 9. The molecular weight excluding hydrogens is 306 g/mol. The highest BCUT2D eigenvalue weighted by molar-refractivity contribution is 5.78. The normalized spacial score (nSPS) is 15.5. The van der Waals surface area contributed by atoms with Crippen molar-refractivity contribution in [2.24, 2.45) is 5.92 Å². The summed E-state index contributed by atoms with van der Waals surface area (Å²) in [6, 6.07) is 7.80. The summed E-state index contributed by atoms with van der Waals surface area (Å²) < 4.78 is 16.0. The van der Waals surface area contributed by atoms with Gasteiger partial charge in [0.1, 0.15) is 5.75 Å². The number of nitrogens with zero attached hydrogens (tertiary/aromatic N) is 1. The van der Waals surface area contributed by atoms with E-state index in [1.807, 2.05) is 36.1 Å². The molecule has 134 valence electrons. The highest BCUT2D eigenvalue weighted by Gasteiger charge is 2.22. The van der Waals surface area contributed by atoms with E-state index in [0.717, 1.165) is 43.9 Å². The summed E-state index contributed by atoms with van der Waals surface area (Å²) in [6.45, 7) is 6.32. The lowest BCUT2D eigenvalue weighted by Crippen LogP contribution is -2.40. The monoisotopic (exact) mass is 335 g/mol. The first-order chi connectivity index (χ1) is 11.7. The third kappa shape index (κ3) is 6.13. The van der Waals surface area contributed by atoms with Crippen LogP contribution in [0.3, 0.4) is 0 Å². The van der Waals surface area contributed by atoms with Crippen LogP contribution >= 0.6 is 0 Å². The molecule has 1 heterocycles. The first kappa shape index (κ1) is 18.7. The zero-order valence-electron chi connectivity index (χ0n) is 14.8. The van der Waals surface area contributed by atoms with Crippen molar-refractivity contribution in [1.29, 1.82) is 0 Å². The lowest BCUT2D eigenvalue weighted by Gasteiger charge is -2.32. The number of piperidine rings is 1. The average molecular weight is 335 g/mol. The van der Waals surface area contributed by atoms with Crippen molar-refractivity contribution in [2.45, 2.75) is 26.2 Å². The van der Waals surface area contributed by atoms with Crippen molar-refractivity contribution in [3.05, 3.63) is 29.8 Å². The fourth-order valence-corrected chi connectivity index (χ4v) is 2.90. The number of carbonyl (C=O) groups excluding carboxylic acids is 1. The molecule has 2 rings (SSSR count). The van der Waals surface area contributed by atoms with Crippen LogP contribution in [0.25, 0.3) is 0 Å². The molecule has 0 bridgehead atoms. The molecule has 0 spiro atoms. The van der Waals surface area contributed by atoms with Crippen LogP contribution in [-0.2, 0) is 20.7 Å². The highest BCUT2D eigenvalue weighted by Crippen LogP contribution is 2.19. The van der Waals surface area contributed by atoms with E-state index in [1.54, 1.807) is 7.11 Å². The third-order valence-electron chi connectivity index (χ3n) is 4.34. The molecule has 0 radical (unpaired) electrons. The first-order valence-corrected chi connectivity index (χ1v) is 8.79. The SMILES string of the molecule is CCOc1ccc(CC(=O)N2CCC(COCCOC)CC2)cc1. The van der Waals surface area contributed by atoms with Gasteiger partial charge >= 0.3 is 0 Å². The smallest absolute Gasteiger partial charge is 0.226 e. The molecule has 0 aromatic heterocycles. The number of benzene rings is 1. The topological polar surface area (TPSA) is 48.0 Å². The van der Waals surface area contributed by atoms with Crippen molar-refractivity contribution in [3.8, 4) is 5.75 Å². The lowest BCUT2D eigenvalue weighted by molar-refractivity contribution is -0.132. The second kappa shape index (κ2) is 10.3.